The Hall–Kier alpha value is -1.80. The first-order chi connectivity index (χ1) is 9.92. The van der Waals surface area contributed by atoms with Crippen molar-refractivity contribution >= 4 is 11.4 Å². The summed E-state index contributed by atoms with van der Waals surface area (Å²) < 4.78 is 31.8. The molecule has 0 saturated carbocycles. The quantitative estimate of drug-likeness (QED) is 0.681. The second kappa shape index (κ2) is 6.31. The molecule has 1 aliphatic rings. The highest BCUT2D eigenvalue weighted by atomic mass is 19.3. The van der Waals surface area contributed by atoms with Crippen LogP contribution in [0.15, 0.2) is 18.2 Å². The van der Waals surface area contributed by atoms with Crippen LogP contribution < -0.4 is 4.90 Å². The van der Waals surface area contributed by atoms with Crippen LogP contribution in [0.3, 0.4) is 0 Å². The number of nitro groups is 1. The third kappa shape index (κ3) is 3.45. The molecule has 2 rings (SSSR count). The molecule has 1 aromatic carbocycles. The summed E-state index contributed by atoms with van der Waals surface area (Å²) in [7, 11) is 0. The zero-order valence-electron chi connectivity index (χ0n) is 11.4. The summed E-state index contributed by atoms with van der Waals surface area (Å²) in [6, 6.07) is 3.43. The molecule has 8 heteroatoms. The van der Waals surface area contributed by atoms with Gasteiger partial charge in [0.2, 0.25) is 0 Å². The third-order valence-electron chi connectivity index (χ3n) is 3.33. The molecule has 21 heavy (non-hydrogen) atoms. The number of aliphatic hydroxyl groups excluding tert-OH is 1. The second-order valence-electron chi connectivity index (χ2n) is 4.96. The lowest BCUT2D eigenvalue weighted by Gasteiger charge is -2.38. The Kier molecular flexibility index (Phi) is 4.69. The predicted molar refractivity (Wildman–Crippen MR) is 71.7 cm³/mol. The van der Waals surface area contributed by atoms with Crippen LogP contribution in [0.4, 0.5) is 20.2 Å². The summed E-state index contributed by atoms with van der Waals surface area (Å²) in [5.41, 5.74) is -0.506. The molecule has 0 radical (unpaired) electrons. The highest BCUT2D eigenvalue weighted by Gasteiger charge is 2.28. The fourth-order valence-corrected chi connectivity index (χ4v) is 2.46. The minimum Gasteiger partial charge on any atom is -0.394 e. The lowest BCUT2D eigenvalue weighted by Crippen LogP contribution is -2.48. The maximum Gasteiger partial charge on any atom is 0.270 e. The van der Waals surface area contributed by atoms with Gasteiger partial charge in [-0.1, -0.05) is 0 Å². The fourth-order valence-electron chi connectivity index (χ4n) is 2.46. The van der Waals surface area contributed by atoms with Gasteiger partial charge >= 0.3 is 0 Å². The van der Waals surface area contributed by atoms with Crippen LogP contribution in [0.1, 0.15) is 18.9 Å². The van der Waals surface area contributed by atoms with Gasteiger partial charge in [-0.15, -0.1) is 0 Å². The van der Waals surface area contributed by atoms with Crippen molar-refractivity contribution in [3.63, 3.8) is 0 Å². The highest BCUT2D eigenvalue weighted by molar-refractivity contribution is 5.59. The van der Waals surface area contributed by atoms with Crippen LogP contribution in [0, 0.1) is 10.1 Å². The van der Waals surface area contributed by atoms with Gasteiger partial charge in [0, 0.05) is 36.5 Å². The zero-order chi connectivity index (χ0) is 15.6. The van der Waals surface area contributed by atoms with Crippen molar-refractivity contribution in [1.29, 1.82) is 0 Å². The summed E-state index contributed by atoms with van der Waals surface area (Å²) >= 11 is 0. The summed E-state index contributed by atoms with van der Waals surface area (Å²) in [5, 5.41) is 19.9. The molecule has 1 heterocycles. The maximum atomic E-state index is 13.2. The number of nitrogens with zero attached hydrogens (tertiary/aromatic N) is 2. The van der Waals surface area contributed by atoms with Gasteiger partial charge in [-0.2, -0.15) is 0 Å². The molecule has 0 spiro atoms. The molecule has 1 fully saturated rings. The molecule has 116 valence electrons. The topological polar surface area (TPSA) is 75.8 Å². The summed E-state index contributed by atoms with van der Waals surface area (Å²) in [6.07, 6.45) is -3.50. The van der Waals surface area contributed by atoms with E-state index in [1.807, 2.05) is 0 Å². The van der Waals surface area contributed by atoms with Crippen molar-refractivity contribution < 1.29 is 23.5 Å². The lowest BCUT2D eigenvalue weighted by molar-refractivity contribution is -0.385. The van der Waals surface area contributed by atoms with Crippen molar-refractivity contribution in [2.45, 2.75) is 25.6 Å². The highest BCUT2D eigenvalue weighted by Crippen LogP contribution is 2.34. The average molecular weight is 302 g/mol. The number of benzene rings is 1. The van der Waals surface area contributed by atoms with Crippen LogP contribution in [-0.4, -0.2) is 41.9 Å². The number of morpholine rings is 1. The third-order valence-corrected chi connectivity index (χ3v) is 3.33. The largest absolute Gasteiger partial charge is 0.394 e. The molecule has 0 amide bonds. The first-order valence-corrected chi connectivity index (χ1v) is 6.50. The van der Waals surface area contributed by atoms with Crippen molar-refractivity contribution in [3.8, 4) is 0 Å². The van der Waals surface area contributed by atoms with Crippen molar-refractivity contribution in [3.05, 3.63) is 33.9 Å². The van der Waals surface area contributed by atoms with Gasteiger partial charge in [0.05, 0.1) is 23.7 Å². The number of hydrogen-bond acceptors (Lipinski definition) is 5. The number of aliphatic hydroxyl groups is 1. The molecule has 0 aliphatic carbocycles. The normalized spacial score (nSPS) is 22.6. The van der Waals surface area contributed by atoms with Crippen LogP contribution in [0.2, 0.25) is 0 Å². The van der Waals surface area contributed by atoms with Gasteiger partial charge in [-0.25, -0.2) is 8.78 Å². The number of ether oxygens (including phenoxy) is 1. The number of hydrogen-bond donors (Lipinski definition) is 1. The summed E-state index contributed by atoms with van der Waals surface area (Å²) in [6.45, 7) is 2.21. The average Bonchev–Trinajstić information content (AvgIpc) is 2.45. The van der Waals surface area contributed by atoms with Crippen LogP contribution in [0.5, 0.6) is 0 Å². The van der Waals surface area contributed by atoms with E-state index in [-0.39, 0.29) is 36.2 Å². The standard InChI is InChI=1S/C13H16F2N2O4/c1-8-5-16(6-10(7-18)21-8)12-3-2-9(17(19)20)4-11(12)13(14)15/h2-4,8,10,13,18H,5-7H2,1H3. The number of halogens is 2. The van der Waals surface area contributed by atoms with E-state index in [2.05, 4.69) is 0 Å². The van der Waals surface area contributed by atoms with E-state index in [9.17, 15) is 24.0 Å². The van der Waals surface area contributed by atoms with Gasteiger partial charge in [0.25, 0.3) is 12.1 Å². The molecule has 1 N–H and O–H groups in total. The monoisotopic (exact) mass is 302 g/mol. The first kappa shape index (κ1) is 15.6. The number of rotatable bonds is 4. The Labute approximate surface area is 120 Å². The molecule has 2 unspecified atom stereocenters. The minimum atomic E-state index is -2.81. The van der Waals surface area contributed by atoms with Crippen molar-refractivity contribution in [2.24, 2.45) is 0 Å². The fraction of sp³-hybridized carbons (Fsp3) is 0.538. The maximum absolute atomic E-state index is 13.2. The summed E-state index contributed by atoms with van der Waals surface area (Å²) in [5.74, 6) is 0. The molecular weight excluding hydrogens is 286 g/mol. The minimum absolute atomic E-state index is 0.210. The van der Waals surface area contributed by atoms with Crippen LogP contribution >= 0.6 is 0 Å². The van der Waals surface area contributed by atoms with Gasteiger partial charge in [0.1, 0.15) is 0 Å². The van der Waals surface area contributed by atoms with Crippen LogP contribution in [0.25, 0.3) is 0 Å². The van der Waals surface area contributed by atoms with Gasteiger partial charge < -0.3 is 14.7 Å². The molecule has 0 aromatic heterocycles. The second-order valence-corrected chi connectivity index (χ2v) is 4.96. The van der Waals surface area contributed by atoms with E-state index in [0.29, 0.717) is 6.54 Å². The van der Waals surface area contributed by atoms with Crippen LogP contribution in [-0.2, 0) is 4.74 Å². The van der Waals surface area contributed by atoms with Crippen molar-refractivity contribution in [1.82, 2.24) is 0 Å². The lowest BCUT2D eigenvalue weighted by atomic mass is 10.1. The van der Waals surface area contributed by atoms with Gasteiger partial charge in [0.15, 0.2) is 0 Å². The Morgan fingerprint density at radius 2 is 2.24 bits per heavy atom. The van der Waals surface area contributed by atoms with Crippen molar-refractivity contribution in [2.75, 3.05) is 24.6 Å². The smallest absolute Gasteiger partial charge is 0.270 e. The zero-order valence-corrected chi connectivity index (χ0v) is 11.4. The number of anilines is 1. The Balaban J connectivity index is 2.35. The van der Waals surface area contributed by atoms with E-state index in [1.165, 1.54) is 12.1 Å². The van der Waals surface area contributed by atoms with E-state index in [1.54, 1.807) is 11.8 Å². The Bertz CT molecular complexity index is 527. The number of non-ortho nitro benzene ring substituents is 1. The molecule has 1 saturated heterocycles. The van der Waals surface area contributed by atoms with Gasteiger partial charge in [-0.05, 0) is 13.0 Å². The molecule has 6 nitrogen and oxygen atoms in total. The number of alkyl halides is 2. The molecule has 1 aromatic rings. The first-order valence-electron chi connectivity index (χ1n) is 6.50. The molecular formula is C13H16F2N2O4. The number of nitro benzene ring substituents is 1. The predicted octanol–water partition coefficient (Wildman–Crippen LogP) is 2.12. The summed E-state index contributed by atoms with van der Waals surface area (Å²) in [4.78, 5) is 11.7. The molecule has 2 atom stereocenters. The SMILES string of the molecule is CC1CN(c2ccc([N+](=O)[O-])cc2C(F)F)CC(CO)O1. The molecule has 1 aliphatic heterocycles. The van der Waals surface area contributed by atoms with E-state index in [0.717, 1.165) is 6.07 Å². The Morgan fingerprint density at radius 3 is 2.81 bits per heavy atom. The van der Waals surface area contributed by atoms with Gasteiger partial charge in [-0.3, -0.25) is 10.1 Å². The molecule has 0 bridgehead atoms. The van der Waals surface area contributed by atoms with E-state index >= 15 is 0 Å². The Morgan fingerprint density at radius 1 is 1.52 bits per heavy atom. The van der Waals surface area contributed by atoms with E-state index < -0.39 is 17.5 Å². The van der Waals surface area contributed by atoms with E-state index in [4.69, 9.17) is 4.74 Å².